The van der Waals surface area contributed by atoms with Gasteiger partial charge in [-0.3, -0.25) is 9.69 Å². The molecule has 1 saturated heterocycles. The molecule has 4 nitrogen and oxygen atoms in total. The van der Waals surface area contributed by atoms with Crippen LogP contribution in [0.15, 0.2) is 28.9 Å². The maximum atomic E-state index is 13.0. The number of aromatic amines is 1. The Balaban J connectivity index is 1.61. The van der Waals surface area contributed by atoms with E-state index >= 15 is 0 Å². The minimum Gasteiger partial charge on any atom is -0.349 e. The highest BCUT2D eigenvalue weighted by atomic mass is 79.9. The Morgan fingerprint density at radius 2 is 2.08 bits per heavy atom. The number of fused-ring (bicyclic) bond motifs is 2. The van der Waals surface area contributed by atoms with Crippen LogP contribution in [0.2, 0.25) is 0 Å². The van der Waals surface area contributed by atoms with Crippen LogP contribution in [0.5, 0.6) is 0 Å². The van der Waals surface area contributed by atoms with Crippen LogP contribution in [0.4, 0.5) is 0 Å². The molecule has 0 spiro atoms. The summed E-state index contributed by atoms with van der Waals surface area (Å²) in [6, 6.07) is 6.81. The molecule has 3 aliphatic rings. The smallest absolute Gasteiger partial charge is 0.230 e. The van der Waals surface area contributed by atoms with Gasteiger partial charge in [0.1, 0.15) is 0 Å². The molecule has 1 aromatic heterocycles. The van der Waals surface area contributed by atoms with Gasteiger partial charge in [0.15, 0.2) is 0 Å². The van der Waals surface area contributed by atoms with Gasteiger partial charge in [0.25, 0.3) is 0 Å². The Morgan fingerprint density at radius 1 is 1.28 bits per heavy atom. The average Bonchev–Trinajstić information content (AvgIpc) is 3.24. The molecular weight excluding hydrogens is 378 g/mol. The first-order valence-electron chi connectivity index (χ1n) is 9.13. The van der Waals surface area contributed by atoms with Crippen molar-refractivity contribution >= 4 is 38.3 Å². The van der Waals surface area contributed by atoms with Crippen molar-refractivity contribution in [1.82, 2.24) is 14.8 Å². The molecule has 1 aliphatic carbocycles. The van der Waals surface area contributed by atoms with E-state index < -0.39 is 0 Å². The van der Waals surface area contributed by atoms with Crippen LogP contribution >= 0.6 is 15.9 Å². The molecule has 1 N–H and O–H groups in total. The van der Waals surface area contributed by atoms with Gasteiger partial charge in [0, 0.05) is 36.6 Å². The van der Waals surface area contributed by atoms with Gasteiger partial charge in [-0.05, 0) is 65.0 Å². The van der Waals surface area contributed by atoms with Crippen LogP contribution in [0.1, 0.15) is 24.0 Å². The van der Waals surface area contributed by atoms with Crippen molar-refractivity contribution in [2.24, 2.45) is 5.92 Å². The molecular formula is C20H22BrN3O. The van der Waals surface area contributed by atoms with Gasteiger partial charge in [0.2, 0.25) is 5.91 Å². The van der Waals surface area contributed by atoms with Crippen LogP contribution in [0, 0.1) is 5.92 Å². The maximum Gasteiger partial charge on any atom is 0.230 e. The first kappa shape index (κ1) is 15.6. The molecule has 2 aliphatic heterocycles. The number of halogens is 1. The Labute approximate surface area is 156 Å². The van der Waals surface area contributed by atoms with E-state index in [2.05, 4.69) is 62.0 Å². The standard InChI is InChI=1S/C20H22BrN3O/c1-23-11-12(20(25)24-7-2-3-8-24)9-14-13-5-4-6-16-18(13)15(10-17(14)23)19(21)22-16/h4-6,9,12,17,22H,2-3,7-8,10-11H2,1H3/t12-,17-/m1/s1. The second-order valence-electron chi connectivity index (χ2n) is 7.57. The highest BCUT2D eigenvalue weighted by Gasteiger charge is 2.37. The number of benzene rings is 1. The molecule has 2 aromatic rings. The lowest BCUT2D eigenvalue weighted by Gasteiger charge is -2.40. The second kappa shape index (κ2) is 5.71. The number of likely N-dealkylation sites (N-methyl/N-ethyl adjacent to an activating group) is 1. The van der Waals surface area contributed by atoms with E-state index in [1.54, 1.807) is 0 Å². The fraction of sp³-hybridized carbons (Fsp3) is 0.450. The molecule has 1 amide bonds. The molecule has 25 heavy (non-hydrogen) atoms. The highest BCUT2D eigenvalue weighted by molar-refractivity contribution is 9.10. The van der Waals surface area contributed by atoms with E-state index in [1.807, 2.05) is 0 Å². The van der Waals surface area contributed by atoms with Gasteiger partial charge in [-0.25, -0.2) is 0 Å². The van der Waals surface area contributed by atoms with Crippen molar-refractivity contribution in [2.75, 3.05) is 26.7 Å². The number of amides is 1. The molecule has 0 saturated carbocycles. The maximum absolute atomic E-state index is 13.0. The van der Waals surface area contributed by atoms with Gasteiger partial charge < -0.3 is 9.88 Å². The van der Waals surface area contributed by atoms with Crippen molar-refractivity contribution < 1.29 is 4.79 Å². The number of H-pyrrole nitrogens is 1. The predicted molar refractivity (Wildman–Crippen MR) is 103 cm³/mol. The fourth-order valence-electron chi connectivity index (χ4n) is 4.82. The summed E-state index contributed by atoms with van der Waals surface area (Å²) >= 11 is 3.70. The average molecular weight is 400 g/mol. The van der Waals surface area contributed by atoms with Crippen molar-refractivity contribution in [3.8, 4) is 0 Å². The van der Waals surface area contributed by atoms with Gasteiger partial charge in [0.05, 0.1) is 10.5 Å². The first-order valence-corrected chi connectivity index (χ1v) is 9.93. The van der Waals surface area contributed by atoms with Crippen LogP contribution in [-0.4, -0.2) is 53.4 Å². The van der Waals surface area contributed by atoms with Crippen molar-refractivity contribution in [1.29, 1.82) is 0 Å². The third kappa shape index (κ3) is 2.32. The van der Waals surface area contributed by atoms with Gasteiger partial charge in [-0.15, -0.1) is 0 Å². The number of likely N-dealkylation sites (tertiary alicyclic amines) is 1. The third-order valence-corrected chi connectivity index (χ3v) is 6.75. The Bertz CT molecular complexity index is 894. The van der Waals surface area contributed by atoms with Crippen molar-refractivity contribution in [2.45, 2.75) is 25.3 Å². The van der Waals surface area contributed by atoms with Crippen molar-refractivity contribution in [3.63, 3.8) is 0 Å². The lowest BCUT2D eigenvalue weighted by Crippen LogP contribution is -2.47. The zero-order chi connectivity index (χ0) is 17.1. The predicted octanol–water partition coefficient (Wildman–Crippen LogP) is 3.42. The molecule has 5 heteroatoms. The molecule has 5 rings (SSSR count). The Morgan fingerprint density at radius 3 is 2.88 bits per heavy atom. The minimum absolute atomic E-state index is 0.0199. The van der Waals surface area contributed by atoms with Gasteiger partial charge in [-0.2, -0.15) is 0 Å². The van der Waals surface area contributed by atoms with Crippen LogP contribution in [-0.2, 0) is 11.2 Å². The molecule has 0 unspecified atom stereocenters. The summed E-state index contributed by atoms with van der Waals surface area (Å²) in [6.07, 6.45) is 5.55. The van der Waals surface area contributed by atoms with E-state index in [1.165, 1.54) is 27.6 Å². The monoisotopic (exact) mass is 399 g/mol. The summed E-state index contributed by atoms with van der Waals surface area (Å²) in [7, 11) is 2.16. The number of nitrogens with one attached hydrogen (secondary N) is 1. The second-order valence-corrected chi connectivity index (χ2v) is 8.36. The first-order chi connectivity index (χ1) is 12.1. The molecule has 0 bridgehead atoms. The van der Waals surface area contributed by atoms with Gasteiger partial charge in [-0.1, -0.05) is 18.2 Å². The molecule has 0 radical (unpaired) electrons. The fourth-order valence-corrected chi connectivity index (χ4v) is 5.40. The minimum atomic E-state index is -0.0199. The largest absolute Gasteiger partial charge is 0.349 e. The number of rotatable bonds is 1. The Kier molecular flexibility index (Phi) is 3.57. The quantitative estimate of drug-likeness (QED) is 0.797. The normalized spacial score (nSPS) is 26.0. The number of aromatic nitrogens is 1. The zero-order valence-electron chi connectivity index (χ0n) is 14.4. The van der Waals surface area contributed by atoms with Crippen LogP contribution in [0.25, 0.3) is 16.5 Å². The van der Waals surface area contributed by atoms with E-state index in [0.29, 0.717) is 11.9 Å². The Hall–Kier alpha value is -1.59. The summed E-state index contributed by atoms with van der Waals surface area (Å²) in [4.78, 5) is 20.8. The number of carbonyl (C=O) groups excluding carboxylic acids is 1. The summed E-state index contributed by atoms with van der Waals surface area (Å²) in [6.45, 7) is 2.67. The lowest BCUT2D eigenvalue weighted by atomic mass is 9.79. The van der Waals surface area contributed by atoms with Crippen molar-refractivity contribution in [3.05, 3.63) is 40.0 Å². The van der Waals surface area contributed by atoms with Crippen LogP contribution in [0.3, 0.4) is 0 Å². The number of carbonyl (C=O) groups is 1. The molecule has 3 heterocycles. The van der Waals surface area contributed by atoms with E-state index in [9.17, 15) is 4.79 Å². The van der Waals surface area contributed by atoms with Gasteiger partial charge >= 0.3 is 0 Å². The zero-order valence-corrected chi connectivity index (χ0v) is 16.0. The topological polar surface area (TPSA) is 39.3 Å². The number of hydrogen-bond donors (Lipinski definition) is 1. The summed E-state index contributed by atoms with van der Waals surface area (Å²) in [5.74, 6) is 0.289. The van der Waals surface area contributed by atoms with E-state index in [0.717, 1.165) is 43.5 Å². The third-order valence-electron chi connectivity index (χ3n) is 6.08. The SMILES string of the molecule is CN1C[C@H](C(=O)N2CCCC2)C=C2c3cccc4[nH]c(Br)c(c34)C[C@H]21. The van der Waals surface area contributed by atoms with Crippen LogP contribution < -0.4 is 0 Å². The van der Waals surface area contributed by atoms with E-state index in [-0.39, 0.29) is 5.92 Å². The number of nitrogens with zero attached hydrogens (tertiary/aromatic N) is 2. The summed E-state index contributed by atoms with van der Waals surface area (Å²) in [5, 5.41) is 1.32. The molecule has 2 atom stereocenters. The number of hydrogen-bond acceptors (Lipinski definition) is 2. The summed E-state index contributed by atoms with van der Waals surface area (Å²) in [5.41, 5.74) is 5.16. The summed E-state index contributed by atoms with van der Waals surface area (Å²) < 4.78 is 1.10. The van der Waals surface area contributed by atoms with E-state index in [4.69, 9.17) is 0 Å². The highest BCUT2D eigenvalue weighted by Crippen LogP contribution is 2.43. The molecule has 1 aromatic carbocycles. The molecule has 130 valence electrons. The lowest BCUT2D eigenvalue weighted by molar-refractivity contribution is -0.133. The molecule has 1 fully saturated rings.